The average molecular weight is 668 g/mol. The van der Waals surface area contributed by atoms with Crippen molar-refractivity contribution in [3.05, 3.63) is 92.2 Å². The molecule has 2 bridgehead atoms. The fraction of sp³-hybridized carbons (Fsp3) is 0.457. The highest BCUT2D eigenvalue weighted by molar-refractivity contribution is 6.36. The second kappa shape index (κ2) is 13.8. The van der Waals surface area contributed by atoms with Gasteiger partial charge in [-0.1, -0.05) is 66.0 Å². The molecule has 0 aromatic heterocycles. The number of nitrogens with one attached hydrogen (secondary N) is 1. The number of nitrogens with zero attached hydrogens (tertiary/aromatic N) is 3. The highest BCUT2D eigenvalue weighted by Gasteiger charge is 2.44. The number of likely N-dealkylation sites (tertiary alicyclic amines) is 1. The molecule has 2 saturated heterocycles. The van der Waals surface area contributed by atoms with Gasteiger partial charge >= 0.3 is 11.9 Å². The molecule has 0 radical (unpaired) electrons. The highest BCUT2D eigenvalue weighted by Crippen LogP contribution is 2.45. The number of carboxylic acid groups (broad SMARTS) is 2. The van der Waals surface area contributed by atoms with E-state index in [1.807, 2.05) is 0 Å². The summed E-state index contributed by atoms with van der Waals surface area (Å²) >= 11 is 12.9. The van der Waals surface area contributed by atoms with Gasteiger partial charge in [0.2, 0.25) is 5.91 Å². The first-order valence-electron chi connectivity index (χ1n) is 16.0. The van der Waals surface area contributed by atoms with Crippen LogP contribution < -0.4 is 5.32 Å². The fourth-order valence-corrected chi connectivity index (χ4v) is 8.87. The summed E-state index contributed by atoms with van der Waals surface area (Å²) < 4.78 is 0. The van der Waals surface area contributed by atoms with E-state index in [4.69, 9.17) is 23.2 Å². The van der Waals surface area contributed by atoms with Gasteiger partial charge < -0.3 is 20.4 Å². The van der Waals surface area contributed by atoms with Crippen molar-refractivity contribution >= 4 is 41.0 Å². The average Bonchev–Trinajstić information content (AvgIpc) is 3.00. The molecule has 4 aliphatic rings. The van der Waals surface area contributed by atoms with Gasteiger partial charge in [0.25, 0.3) is 0 Å². The van der Waals surface area contributed by atoms with Crippen LogP contribution in [-0.2, 0) is 20.9 Å². The van der Waals surface area contributed by atoms with Crippen molar-refractivity contribution in [1.82, 2.24) is 20.0 Å². The number of carbonyl (C=O) groups excluding carboxylic acids is 1. The standard InChI is InChI=1S/C35H40Cl2N4O5/c1-21-29(34(43)44)32(30-25(36)11-6-12-26(30)37)31(35(45)46)27(38-21)17-28(42)40-13-15-41(16-14-40)33-23-9-5-10-24(33)20-39(19-23)18-22-7-3-2-4-8-22/h2-4,6-8,11-12,23-24,32-33,38H,5,9-10,13-20H2,1H3,(H,43,44)(H,45,46). The smallest absolute Gasteiger partial charge is 0.334 e. The van der Waals surface area contributed by atoms with Gasteiger partial charge in [0.05, 0.1) is 23.5 Å². The van der Waals surface area contributed by atoms with Gasteiger partial charge in [-0.3, -0.25) is 14.6 Å². The molecule has 1 amide bonds. The van der Waals surface area contributed by atoms with E-state index in [-0.39, 0.29) is 50.5 Å². The summed E-state index contributed by atoms with van der Waals surface area (Å²) in [6, 6.07) is 15.9. The lowest BCUT2D eigenvalue weighted by molar-refractivity contribution is -0.134. The molecule has 6 rings (SSSR count). The molecule has 2 aromatic rings. The van der Waals surface area contributed by atoms with E-state index in [0.29, 0.717) is 31.0 Å². The van der Waals surface area contributed by atoms with E-state index >= 15 is 0 Å². The van der Waals surface area contributed by atoms with E-state index < -0.39 is 17.9 Å². The van der Waals surface area contributed by atoms with Gasteiger partial charge in [0.1, 0.15) is 0 Å². The largest absolute Gasteiger partial charge is 0.478 e. The summed E-state index contributed by atoms with van der Waals surface area (Å²) in [4.78, 5) is 45.7. The van der Waals surface area contributed by atoms with Crippen molar-refractivity contribution in [2.24, 2.45) is 11.8 Å². The third kappa shape index (κ3) is 6.56. The zero-order chi connectivity index (χ0) is 32.5. The quantitative estimate of drug-likeness (QED) is 0.352. The first-order chi connectivity index (χ1) is 22.1. The highest BCUT2D eigenvalue weighted by atomic mass is 35.5. The molecule has 11 heteroatoms. The van der Waals surface area contributed by atoms with Gasteiger partial charge in [-0.2, -0.15) is 0 Å². The Balaban J connectivity index is 1.15. The molecule has 3 unspecified atom stereocenters. The molecule has 1 saturated carbocycles. The minimum absolute atomic E-state index is 0.155. The normalized spacial score (nSPS) is 25.8. The molecule has 3 aliphatic heterocycles. The van der Waals surface area contributed by atoms with E-state index in [1.54, 1.807) is 30.0 Å². The van der Waals surface area contributed by atoms with Gasteiger partial charge in [-0.25, -0.2) is 9.59 Å². The van der Waals surface area contributed by atoms with Crippen molar-refractivity contribution in [2.75, 3.05) is 39.3 Å². The Labute approximate surface area is 279 Å². The Morgan fingerprint density at radius 2 is 1.46 bits per heavy atom. The van der Waals surface area contributed by atoms with Gasteiger partial charge in [0.15, 0.2) is 0 Å². The molecule has 244 valence electrons. The summed E-state index contributed by atoms with van der Waals surface area (Å²) in [5.41, 5.74) is 1.55. The number of allylic oxidation sites excluding steroid dienone is 1. The number of benzene rings is 2. The molecule has 46 heavy (non-hydrogen) atoms. The van der Waals surface area contributed by atoms with Crippen molar-refractivity contribution in [3.8, 4) is 0 Å². The summed E-state index contributed by atoms with van der Waals surface area (Å²) in [5, 5.41) is 23.7. The number of hydrogen-bond donors (Lipinski definition) is 3. The number of aliphatic carboxylic acids is 2. The zero-order valence-corrected chi connectivity index (χ0v) is 27.4. The maximum Gasteiger partial charge on any atom is 0.334 e. The van der Waals surface area contributed by atoms with Crippen LogP contribution in [0.3, 0.4) is 0 Å². The lowest BCUT2D eigenvalue weighted by Gasteiger charge is -2.53. The molecule has 3 heterocycles. The predicted octanol–water partition coefficient (Wildman–Crippen LogP) is 5.21. The number of piperidine rings is 1. The summed E-state index contributed by atoms with van der Waals surface area (Å²) in [7, 11) is 0. The topological polar surface area (TPSA) is 113 Å². The van der Waals surface area contributed by atoms with E-state index in [2.05, 4.69) is 45.4 Å². The Kier molecular flexibility index (Phi) is 9.75. The lowest BCUT2D eigenvalue weighted by atomic mass is 9.72. The number of piperazine rings is 1. The summed E-state index contributed by atoms with van der Waals surface area (Å²) in [6.45, 7) is 7.41. The Morgan fingerprint density at radius 3 is 2.04 bits per heavy atom. The molecule has 0 spiro atoms. The maximum absolute atomic E-state index is 13.7. The molecule has 3 N–H and O–H groups in total. The molecular weight excluding hydrogens is 627 g/mol. The molecular formula is C35H40Cl2N4O5. The Bertz CT molecular complexity index is 1540. The van der Waals surface area contributed by atoms with E-state index in [9.17, 15) is 24.6 Å². The number of amides is 1. The van der Waals surface area contributed by atoms with Crippen LogP contribution in [0.1, 0.15) is 49.7 Å². The molecule has 2 aromatic carbocycles. The van der Waals surface area contributed by atoms with E-state index in [0.717, 1.165) is 32.7 Å². The fourth-order valence-electron chi connectivity index (χ4n) is 8.25. The van der Waals surface area contributed by atoms with Crippen LogP contribution in [0.2, 0.25) is 10.0 Å². The van der Waals surface area contributed by atoms with Crippen molar-refractivity contribution < 1.29 is 24.6 Å². The second-order valence-corrected chi connectivity index (χ2v) is 13.8. The minimum Gasteiger partial charge on any atom is -0.478 e. The van der Waals surface area contributed by atoms with Crippen LogP contribution in [0, 0.1) is 11.8 Å². The SMILES string of the molecule is CC1=C(C(=O)O)C(c2c(Cl)cccc2Cl)C(C(=O)O)=C(CC(=O)N2CCN(C3C4CCCC3CN(Cc3ccccc3)C4)CC2)N1. The number of fused-ring (bicyclic) bond motifs is 2. The third-order valence-corrected chi connectivity index (χ3v) is 10.8. The number of carbonyl (C=O) groups is 3. The van der Waals surface area contributed by atoms with Crippen LogP contribution in [0.5, 0.6) is 0 Å². The summed E-state index contributed by atoms with van der Waals surface area (Å²) in [5.74, 6) is -2.85. The number of hydrogen-bond acceptors (Lipinski definition) is 6. The number of halogens is 2. The number of dihydropyridines is 1. The van der Waals surface area contributed by atoms with Gasteiger partial charge in [0, 0.05) is 78.9 Å². The van der Waals surface area contributed by atoms with Crippen molar-refractivity contribution in [3.63, 3.8) is 0 Å². The lowest BCUT2D eigenvalue weighted by Crippen LogP contribution is -2.62. The first-order valence-corrected chi connectivity index (χ1v) is 16.8. The molecule has 1 aliphatic carbocycles. The van der Waals surface area contributed by atoms with Crippen LogP contribution >= 0.6 is 23.2 Å². The molecule has 9 nitrogen and oxygen atoms in total. The van der Waals surface area contributed by atoms with Crippen molar-refractivity contribution in [2.45, 2.75) is 51.1 Å². The van der Waals surface area contributed by atoms with Crippen LogP contribution in [0.25, 0.3) is 0 Å². The summed E-state index contributed by atoms with van der Waals surface area (Å²) in [6.07, 6.45) is 3.53. The van der Waals surface area contributed by atoms with Crippen LogP contribution in [0.15, 0.2) is 71.1 Å². The van der Waals surface area contributed by atoms with Crippen LogP contribution in [0.4, 0.5) is 0 Å². The predicted molar refractivity (Wildman–Crippen MR) is 176 cm³/mol. The second-order valence-electron chi connectivity index (χ2n) is 12.9. The van der Waals surface area contributed by atoms with Gasteiger partial charge in [-0.05, 0) is 49.3 Å². The monoisotopic (exact) mass is 666 g/mol. The Morgan fingerprint density at radius 1 is 0.848 bits per heavy atom. The molecule has 3 atom stereocenters. The molecule has 3 fully saturated rings. The maximum atomic E-state index is 13.7. The third-order valence-electron chi connectivity index (χ3n) is 10.2. The van der Waals surface area contributed by atoms with E-state index in [1.165, 1.54) is 24.8 Å². The van der Waals surface area contributed by atoms with Crippen LogP contribution in [-0.4, -0.2) is 88.1 Å². The minimum atomic E-state index is -1.34. The van der Waals surface area contributed by atoms with Crippen molar-refractivity contribution in [1.29, 1.82) is 0 Å². The first kappa shape index (κ1) is 32.6. The van der Waals surface area contributed by atoms with Gasteiger partial charge in [-0.15, -0.1) is 0 Å². The number of rotatable bonds is 8. The zero-order valence-electron chi connectivity index (χ0n) is 25.9. The number of carboxylic acids is 2. The Hall–Kier alpha value is -3.37.